The van der Waals surface area contributed by atoms with Crippen molar-refractivity contribution in [3.63, 3.8) is 0 Å². The first-order valence-electron chi connectivity index (χ1n) is 5.48. The zero-order valence-electron chi connectivity index (χ0n) is 9.82. The number of carbonyl (C=O) groups excluding carboxylic acids is 1. The highest BCUT2D eigenvalue weighted by molar-refractivity contribution is 6.42. The van der Waals surface area contributed by atoms with E-state index in [1.54, 1.807) is 18.2 Å². The summed E-state index contributed by atoms with van der Waals surface area (Å²) in [7, 11) is 0. The van der Waals surface area contributed by atoms with E-state index in [2.05, 4.69) is 5.10 Å². The molecule has 96 valence electrons. The molecule has 0 aliphatic carbocycles. The number of nitrogens with zero attached hydrogens (tertiary/aromatic N) is 2. The molecule has 4 nitrogen and oxygen atoms in total. The maximum absolute atomic E-state index is 11.4. The van der Waals surface area contributed by atoms with Crippen molar-refractivity contribution in [2.45, 2.75) is 13.3 Å². The number of amides is 1. The molecular formula is C12H12Cl2N2O2. The molecule has 0 N–H and O–H groups in total. The van der Waals surface area contributed by atoms with E-state index in [4.69, 9.17) is 27.9 Å². The summed E-state index contributed by atoms with van der Waals surface area (Å²) in [4.78, 5) is 11.4. The molecule has 1 amide bonds. The SMILES string of the molecule is CC1=NN(CCOc2ccc(Cl)c(Cl)c2)C(=O)C1. The van der Waals surface area contributed by atoms with Gasteiger partial charge in [-0.2, -0.15) is 5.10 Å². The Hall–Kier alpha value is -1.26. The molecule has 1 aromatic rings. The predicted molar refractivity (Wildman–Crippen MR) is 71.4 cm³/mol. The van der Waals surface area contributed by atoms with Gasteiger partial charge in [0.2, 0.25) is 5.91 Å². The van der Waals surface area contributed by atoms with Gasteiger partial charge in [-0.15, -0.1) is 0 Å². The second kappa shape index (κ2) is 5.59. The van der Waals surface area contributed by atoms with Crippen LogP contribution in [0.1, 0.15) is 13.3 Å². The minimum Gasteiger partial charge on any atom is -0.492 e. The first-order chi connectivity index (χ1) is 8.56. The second-order valence-corrected chi connectivity index (χ2v) is 4.77. The molecule has 0 atom stereocenters. The van der Waals surface area contributed by atoms with E-state index in [0.717, 1.165) is 5.71 Å². The van der Waals surface area contributed by atoms with Gasteiger partial charge in [-0.05, 0) is 19.1 Å². The number of rotatable bonds is 4. The fourth-order valence-corrected chi connectivity index (χ4v) is 1.89. The minimum atomic E-state index is 0.00485. The summed E-state index contributed by atoms with van der Waals surface area (Å²) in [6.07, 6.45) is 0.396. The van der Waals surface area contributed by atoms with E-state index in [-0.39, 0.29) is 5.91 Å². The summed E-state index contributed by atoms with van der Waals surface area (Å²) < 4.78 is 5.48. The van der Waals surface area contributed by atoms with Crippen LogP contribution in [0, 0.1) is 0 Å². The lowest BCUT2D eigenvalue weighted by Gasteiger charge is -2.12. The fourth-order valence-electron chi connectivity index (χ4n) is 1.60. The molecule has 0 bridgehead atoms. The van der Waals surface area contributed by atoms with Crippen LogP contribution in [0.25, 0.3) is 0 Å². The van der Waals surface area contributed by atoms with Crippen molar-refractivity contribution in [1.82, 2.24) is 5.01 Å². The topological polar surface area (TPSA) is 41.9 Å². The Bertz CT molecular complexity index is 503. The van der Waals surface area contributed by atoms with Crippen LogP contribution in [0.3, 0.4) is 0 Å². The van der Waals surface area contributed by atoms with E-state index < -0.39 is 0 Å². The average molecular weight is 287 g/mol. The van der Waals surface area contributed by atoms with E-state index in [1.165, 1.54) is 5.01 Å². The second-order valence-electron chi connectivity index (χ2n) is 3.95. The molecule has 0 unspecified atom stereocenters. The van der Waals surface area contributed by atoms with Crippen LogP contribution in [-0.4, -0.2) is 29.8 Å². The molecule has 0 saturated carbocycles. The van der Waals surface area contributed by atoms with Crippen LogP contribution >= 0.6 is 23.2 Å². The van der Waals surface area contributed by atoms with E-state index in [0.29, 0.717) is 35.4 Å². The van der Waals surface area contributed by atoms with Gasteiger partial charge < -0.3 is 4.74 Å². The lowest BCUT2D eigenvalue weighted by atomic mass is 10.3. The number of hydrogen-bond donors (Lipinski definition) is 0. The maximum Gasteiger partial charge on any atom is 0.248 e. The van der Waals surface area contributed by atoms with Crippen molar-refractivity contribution in [1.29, 1.82) is 0 Å². The van der Waals surface area contributed by atoms with Crippen LogP contribution < -0.4 is 4.74 Å². The third-order valence-corrected chi connectivity index (χ3v) is 3.19. The first-order valence-corrected chi connectivity index (χ1v) is 6.24. The predicted octanol–water partition coefficient (Wildman–Crippen LogP) is 2.98. The van der Waals surface area contributed by atoms with Crippen molar-refractivity contribution in [3.05, 3.63) is 28.2 Å². The number of halogens is 2. The molecule has 0 fully saturated rings. The van der Waals surface area contributed by atoms with Gasteiger partial charge in [-0.3, -0.25) is 4.79 Å². The molecule has 2 rings (SSSR count). The van der Waals surface area contributed by atoms with Crippen LogP contribution in [-0.2, 0) is 4.79 Å². The highest BCUT2D eigenvalue weighted by Gasteiger charge is 2.20. The van der Waals surface area contributed by atoms with Crippen LogP contribution in [0.15, 0.2) is 23.3 Å². The van der Waals surface area contributed by atoms with Gasteiger partial charge in [0, 0.05) is 11.8 Å². The molecule has 1 aliphatic heterocycles. The summed E-state index contributed by atoms with van der Waals surface area (Å²) in [5, 5.41) is 6.46. The Balaban J connectivity index is 1.85. The van der Waals surface area contributed by atoms with Gasteiger partial charge in [0.25, 0.3) is 0 Å². The third-order valence-electron chi connectivity index (χ3n) is 2.45. The van der Waals surface area contributed by atoms with Crippen molar-refractivity contribution in [3.8, 4) is 5.75 Å². The summed E-state index contributed by atoms with van der Waals surface area (Å²) in [5.41, 5.74) is 0.828. The molecule has 1 heterocycles. The van der Waals surface area contributed by atoms with Crippen molar-refractivity contribution < 1.29 is 9.53 Å². The van der Waals surface area contributed by atoms with E-state index in [1.807, 2.05) is 6.92 Å². The Morgan fingerprint density at radius 3 is 2.78 bits per heavy atom. The monoisotopic (exact) mass is 286 g/mol. The Kier molecular flexibility index (Phi) is 4.09. The number of hydrogen-bond acceptors (Lipinski definition) is 3. The van der Waals surface area contributed by atoms with E-state index in [9.17, 15) is 4.79 Å². The molecule has 1 aliphatic rings. The largest absolute Gasteiger partial charge is 0.492 e. The van der Waals surface area contributed by atoms with Crippen molar-refractivity contribution in [2.24, 2.45) is 5.10 Å². The van der Waals surface area contributed by atoms with Gasteiger partial charge in [-0.1, -0.05) is 23.2 Å². The van der Waals surface area contributed by atoms with Gasteiger partial charge in [0.15, 0.2) is 0 Å². The minimum absolute atomic E-state index is 0.00485. The third kappa shape index (κ3) is 3.15. The molecule has 0 aromatic heterocycles. The zero-order chi connectivity index (χ0) is 13.1. The first kappa shape index (κ1) is 13.2. The molecule has 1 aromatic carbocycles. The van der Waals surface area contributed by atoms with Crippen LogP contribution in [0.5, 0.6) is 5.75 Å². The number of ether oxygens (including phenoxy) is 1. The molecule has 0 saturated heterocycles. The molecule has 0 radical (unpaired) electrons. The van der Waals surface area contributed by atoms with Gasteiger partial charge >= 0.3 is 0 Å². The number of carbonyl (C=O) groups is 1. The standard InChI is InChI=1S/C12H12Cl2N2O2/c1-8-6-12(17)16(15-8)4-5-18-9-2-3-10(13)11(14)7-9/h2-3,7H,4-6H2,1H3. The Labute approximate surface area is 115 Å². The quantitative estimate of drug-likeness (QED) is 0.854. The normalized spacial score (nSPS) is 14.9. The molecular weight excluding hydrogens is 275 g/mol. The van der Waals surface area contributed by atoms with Crippen LogP contribution in [0.2, 0.25) is 10.0 Å². The molecule has 6 heteroatoms. The molecule has 0 spiro atoms. The zero-order valence-corrected chi connectivity index (χ0v) is 11.3. The van der Waals surface area contributed by atoms with E-state index >= 15 is 0 Å². The number of benzene rings is 1. The lowest BCUT2D eigenvalue weighted by Crippen LogP contribution is -2.26. The smallest absolute Gasteiger partial charge is 0.248 e. The summed E-state index contributed by atoms with van der Waals surface area (Å²) in [6.45, 7) is 2.62. The van der Waals surface area contributed by atoms with Gasteiger partial charge in [0.05, 0.1) is 23.0 Å². The lowest BCUT2D eigenvalue weighted by molar-refractivity contribution is -0.129. The van der Waals surface area contributed by atoms with Crippen molar-refractivity contribution in [2.75, 3.05) is 13.2 Å². The average Bonchev–Trinajstić information content (AvgIpc) is 2.63. The maximum atomic E-state index is 11.4. The summed E-state index contributed by atoms with van der Waals surface area (Å²) >= 11 is 11.7. The summed E-state index contributed by atoms with van der Waals surface area (Å²) in [5.74, 6) is 0.627. The Morgan fingerprint density at radius 1 is 1.39 bits per heavy atom. The van der Waals surface area contributed by atoms with Gasteiger partial charge in [-0.25, -0.2) is 5.01 Å². The number of hydrazone groups is 1. The highest BCUT2D eigenvalue weighted by atomic mass is 35.5. The fraction of sp³-hybridized carbons (Fsp3) is 0.333. The van der Waals surface area contributed by atoms with Crippen LogP contribution in [0.4, 0.5) is 0 Å². The summed E-state index contributed by atoms with van der Waals surface area (Å²) in [6, 6.07) is 5.04. The van der Waals surface area contributed by atoms with Gasteiger partial charge in [0.1, 0.15) is 12.4 Å². The van der Waals surface area contributed by atoms with Crippen molar-refractivity contribution >= 4 is 34.8 Å². The molecule has 18 heavy (non-hydrogen) atoms. The Morgan fingerprint density at radius 2 is 2.17 bits per heavy atom. The highest BCUT2D eigenvalue weighted by Crippen LogP contribution is 2.26.